The first-order valence-corrected chi connectivity index (χ1v) is 9.45. The molecule has 1 N–H and O–H groups in total. The van der Waals surface area contributed by atoms with Crippen LogP contribution in [0.1, 0.15) is 36.1 Å². The highest BCUT2D eigenvalue weighted by atomic mass is 16.2. The maximum absolute atomic E-state index is 12.8. The number of amides is 1. The Morgan fingerprint density at radius 2 is 2.14 bits per heavy atom. The fraction of sp³-hybridized carbons (Fsp3) is 0.300. The molecule has 0 saturated carbocycles. The van der Waals surface area contributed by atoms with Crippen molar-refractivity contribution in [3.63, 3.8) is 0 Å². The average molecular weight is 390 g/mol. The van der Waals surface area contributed by atoms with Crippen molar-refractivity contribution in [3.05, 3.63) is 60.2 Å². The molecule has 148 valence electrons. The highest BCUT2D eigenvalue weighted by Gasteiger charge is 2.30. The summed E-state index contributed by atoms with van der Waals surface area (Å²) in [6.45, 7) is 2.55. The van der Waals surface area contributed by atoms with Crippen molar-refractivity contribution < 1.29 is 4.79 Å². The van der Waals surface area contributed by atoms with Gasteiger partial charge in [0.25, 0.3) is 0 Å². The van der Waals surface area contributed by atoms with Crippen LogP contribution in [0.4, 0.5) is 11.6 Å². The van der Waals surface area contributed by atoms with Gasteiger partial charge in [0.1, 0.15) is 17.5 Å². The summed E-state index contributed by atoms with van der Waals surface area (Å²) in [5, 5.41) is 7.27. The Kier molecular flexibility index (Phi) is 5.28. The summed E-state index contributed by atoms with van der Waals surface area (Å²) in [4.78, 5) is 32.0. The molecule has 1 atom stereocenters. The number of aryl methyl sites for hydroxylation is 2. The van der Waals surface area contributed by atoms with Crippen molar-refractivity contribution >= 4 is 23.6 Å². The molecule has 3 aromatic rings. The normalized spacial score (nSPS) is 16.5. The fourth-order valence-electron chi connectivity index (χ4n) is 3.46. The Labute approximate surface area is 168 Å². The molecule has 4 rings (SSSR count). The van der Waals surface area contributed by atoms with E-state index in [0.717, 1.165) is 24.2 Å². The number of nitrogens with zero attached hydrogens (tertiary/aromatic N) is 7. The highest BCUT2D eigenvalue weighted by molar-refractivity contribution is 5.92. The van der Waals surface area contributed by atoms with Gasteiger partial charge in [-0.15, -0.1) is 0 Å². The molecular formula is C20H22N8O. The molecule has 0 unspecified atom stereocenters. The Hall–Kier alpha value is -3.62. The van der Waals surface area contributed by atoms with Crippen LogP contribution in [0.15, 0.2) is 43.0 Å². The molecule has 9 heteroatoms. The van der Waals surface area contributed by atoms with E-state index in [1.807, 2.05) is 31.0 Å². The van der Waals surface area contributed by atoms with Crippen molar-refractivity contribution in [3.8, 4) is 0 Å². The molecular weight excluding hydrogens is 368 g/mol. The van der Waals surface area contributed by atoms with E-state index in [0.29, 0.717) is 24.0 Å². The van der Waals surface area contributed by atoms with Crippen LogP contribution in [0.25, 0.3) is 6.08 Å². The number of carbonyl (C=O) groups excluding carboxylic acids is 1. The summed E-state index contributed by atoms with van der Waals surface area (Å²) in [7, 11) is 1.85. The quantitative estimate of drug-likeness (QED) is 0.668. The molecule has 3 aromatic heterocycles. The van der Waals surface area contributed by atoms with Gasteiger partial charge in [0, 0.05) is 44.3 Å². The summed E-state index contributed by atoms with van der Waals surface area (Å²) in [5.74, 6) is 1.85. The second-order valence-corrected chi connectivity index (χ2v) is 6.84. The first kappa shape index (κ1) is 18.7. The first-order valence-electron chi connectivity index (χ1n) is 9.45. The number of rotatable bonds is 5. The van der Waals surface area contributed by atoms with Gasteiger partial charge in [0.2, 0.25) is 5.91 Å². The third kappa shape index (κ3) is 4.29. The third-order valence-corrected chi connectivity index (χ3v) is 4.81. The number of anilines is 2. The molecule has 1 amide bonds. The van der Waals surface area contributed by atoms with Crippen molar-refractivity contribution in [2.45, 2.75) is 25.8 Å². The summed E-state index contributed by atoms with van der Waals surface area (Å²) in [6.07, 6.45) is 11.8. The van der Waals surface area contributed by atoms with E-state index in [4.69, 9.17) is 0 Å². The number of hydrogen-bond acceptors (Lipinski definition) is 7. The van der Waals surface area contributed by atoms with E-state index >= 15 is 0 Å². The lowest BCUT2D eigenvalue weighted by atomic mass is 10.1. The predicted molar refractivity (Wildman–Crippen MR) is 108 cm³/mol. The standard InChI is InChI=1S/C20H22N8O/c1-14-24-16(12-18(25-14)26-19-13-21-9-10-22-19)17-4-3-11-28(17)20(29)6-5-15-7-8-23-27(15)2/h5-10,12-13,17H,3-4,11H2,1-2H3,(H,22,24,25,26)/b6-5+/t17-/m1/s1. The van der Waals surface area contributed by atoms with E-state index in [1.54, 1.807) is 41.6 Å². The van der Waals surface area contributed by atoms with E-state index < -0.39 is 0 Å². The molecule has 1 saturated heterocycles. The molecule has 1 aliphatic heterocycles. The Morgan fingerprint density at radius 3 is 2.90 bits per heavy atom. The highest BCUT2D eigenvalue weighted by Crippen LogP contribution is 2.32. The van der Waals surface area contributed by atoms with Gasteiger partial charge in [-0.1, -0.05) is 0 Å². The SMILES string of the molecule is Cc1nc(Nc2cnccn2)cc([C@H]2CCCN2C(=O)/C=C/c2ccnn2C)n1. The molecule has 1 fully saturated rings. The zero-order valence-corrected chi connectivity index (χ0v) is 16.4. The summed E-state index contributed by atoms with van der Waals surface area (Å²) in [6, 6.07) is 3.66. The lowest BCUT2D eigenvalue weighted by Crippen LogP contribution is -2.29. The molecule has 4 heterocycles. The molecule has 0 aromatic carbocycles. The van der Waals surface area contributed by atoms with Crippen LogP contribution in [0.5, 0.6) is 0 Å². The van der Waals surface area contributed by atoms with Gasteiger partial charge >= 0.3 is 0 Å². The minimum Gasteiger partial charge on any atom is -0.331 e. The minimum absolute atomic E-state index is 0.0339. The summed E-state index contributed by atoms with van der Waals surface area (Å²) < 4.78 is 1.73. The Morgan fingerprint density at radius 1 is 1.24 bits per heavy atom. The zero-order valence-electron chi connectivity index (χ0n) is 16.4. The lowest BCUT2D eigenvalue weighted by Gasteiger charge is -2.23. The van der Waals surface area contributed by atoms with Crippen molar-refractivity contribution in [1.82, 2.24) is 34.6 Å². The van der Waals surface area contributed by atoms with Gasteiger partial charge < -0.3 is 10.2 Å². The fourth-order valence-corrected chi connectivity index (χ4v) is 3.46. The van der Waals surface area contributed by atoms with E-state index in [9.17, 15) is 4.79 Å². The molecule has 0 aliphatic carbocycles. The van der Waals surface area contributed by atoms with Crippen LogP contribution in [-0.2, 0) is 11.8 Å². The van der Waals surface area contributed by atoms with Gasteiger partial charge in [-0.2, -0.15) is 5.10 Å². The predicted octanol–water partition coefficient (Wildman–Crippen LogP) is 2.43. The lowest BCUT2D eigenvalue weighted by molar-refractivity contribution is -0.126. The number of aromatic nitrogens is 6. The second-order valence-electron chi connectivity index (χ2n) is 6.84. The monoisotopic (exact) mass is 390 g/mol. The van der Waals surface area contributed by atoms with E-state index in [1.165, 1.54) is 0 Å². The average Bonchev–Trinajstić information content (AvgIpc) is 3.35. The van der Waals surface area contributed by atoms with Crippen LogP contribution in [-0.4, -0.2) is 47.1 Å². The summed E-state index contributed by atoms with van der Waals surface area (Å²) >= 11 is 0. The van der Waals surface area contributed by atoms with Gasteiger partial charge in [-0.25, -0.2) is 15.0 Å². The number of carbonyl (C=O) groups is 1. The van der Waals surface area contributed by atoms with Gasteiger partial charge in [-0.3, -0.25) is 14.5 Å². The molecule has 9 nitrogen and oxygen atoms in total. The number of likely N-dealkylation sites (tertiary alicyclic amines) is 1. The van der Waals surface area contributed by atoms with Crippen LogP contribution < -0.4 is 5.32 Å². The first-order chi connectivity index (χ1) is 14.1. The van der Waals surface area contributed by atoms with Crippen molar-refractivity contribution in [1.29, 1.82) is 0 Å². The molecule has 1 aliphatic rings. The van der Waals surface area contributed by atoms with Gasteiger partial charge in [0.05, 0.1) is 23.6 Å². The molecule has 0 spiro atoms. The van der Waals surface area contributed by atoms with Crippen LogP contribution in [0.2, 0.25) is 0 Å². The summed E-state index contributed by atoms with van der Waals surface area (Å²) in [5.41, 5.74) is 1.70. The van der Waals surface area contributed by atoms with Crippen LogP contribution in [0.3, 0.4) is 0 Å². The smallest absolute Gasteiger partial charge is 0.247 e. The zero-order chi connectivity index (χ0) is 20.2. The molecule has 29 heavy (non-hydrogen) atoms. The number of hydrogen-bond donors (Lipinski definition) is 1. The van der Waals surface area contributed by atoms with Gasteiger partial charge in [-0.05, 0) is 31.9 Å². The molecule has 0 bridgehead atoms. The third-order valence-electron chi connectivity index (χ3n) is 4.81. The second kappa shape index (κ2) is 8.17. The largest absolute Gasteiger partial charge is 0.331 e. The maximum atomic E-state index is 12.8. The topological polar surface area (TPSA) is 102 Å². The van der Waals surface area contributed by atoms with E-state index in [-0.39, 0.29) is 11.9 Å². The van der Waals surface area contributed by atoms with Crippen molar-refractivity contribution in [2.24, 2.45) is 7.05 Å². The Bertz CT molecular complexity index is 1030. The Balaban J connectivity index is 1.54. The maximum Gasteiger partial charge on any atom is 0.247 e. The van der Waals surface area contributed by atoms with E-state index in [2.05, 4.69) is 30.4 Å². The van der Waals surface area contributed by atoms with Gasteiger partial charge in [0.15, 0.2) is 0 Å². The molecule has 0 radical (unpaired) electrons. The van der Waals surface area contributed by atoms with Crippen LogP contribution in [0, 0.1) is 6.92 Å². The van der Waals surface area contributed by atoms with Crippen molar-refractivity contribution in [2.75, 3.05) is 11.9 Å². The minimum atomic E-state index is -0.0807. The van der Waals surface area contributed by atoms with Crippen LogP contribution >= 0.6 is 0 Å². The number of nitrogens with one attached hydrogen (secondary N) is 1.